The number of nitrogens with zero attached hydrogens (tertiary/aromatic N) is 4. The van der Waals surface area contributed by atoms with E-state index in [4.69, 9.17) is 16.8 Å². The number of benzene rings is 7. The summed E-state index contributed by atoms with van der Waals surface area (Å²) in [7, 11) is 0. The van der Waals surface area contributed by atoms with Gasteiger partial charge in [0.1, 0.15) is 0 Å². The summed E-state index contributed by atoms with van der Waals surface area (Å²) in [5.74, 6) is 0.710. The molecule has 4 heterocycles. The molecule has 0 aliphatic carbocycles. The molecule has 11 aromatic rings. The molecule has 0 unspecified atom stereocenters. The number of rotatable bonds is 4. The van der Waals surface area contributed by atoms with Gasteiger partial charge >= 0.3 is 0 Å². The van der Waals surface area contributed by atoms with E-state index in [9.17, 15) is 0 Å². The van der Waals surface area contributed by atoms with Gasteiger partial charge in [-0.3, -0.25) is 0 Å². The summed E-state index contributed by atoms with van der Waals surface area (Å²) in [6, 6.07) is 42.1. The second kappa shape index (κ2) is 11.2. The van der Waals surface area contributed by atoms with Gasteiger partial charge in [-0.15, -0.1) is 22.7 Å². The first-order valence-electron chi connectivity index (χ1n) is 19.0. The van der Waals surface area contributed by atoms with Gasteiger partial charge in [0.25, 0.3) is 0 Å². The minimum absolute atomic E-state index is 0.0193. The molecule has 0 saturated carbocycles. The van der Waals surface area contributed by atoms with E-state index in [0.29, 0.717) is 11.6 Å². The number of para-hydroxylation sites is 1. The molecule has 0 saturated heterocycles. The van der Waals surface area contributed by atoms with Crippen LogP contribution in [-0.2, 0) is 0 Å². The second-order valence-electron chi connectivity index (χ2n) is 12.5. The minimum Gasteiger partial charge on any atom is -0.309 e. The van der Waals surface area contributed by atoms with Crippen LogP contribution in [0, 0.1) is 0 Å². The van der Waals surface area contributed by atoms with E-state index in [0.717, 1.165) is 42.5 Å². The van der Waals surface area contributed by atoms with Gasteiger partial charge in [-0.2, -0.15) is 0 Å². The molecule has 0 N–H and O–H groups in total. The maximum Gasteiger partial charge on any atom is 0.164 e. The van der Waals surface area contributed by atoms with Gasteiger partial charge in [-0.25, -0.2) is 15.0 Å². The van der Waals surface area contributed by atoms with Crippen LogP contribution in [0.1, 0.15) is 6.85 Å². The molecule has 0 amide bonds. The van der Waals surface area contributed by atoms with Crippen LogP contribution < -0.4 is 0 Å². The fraction of sp³-hybridized carbons (Fsp3) is 0. The highest BCUT2D eigenvalue weighted by Gasteiger charge is 2.18. The Labute approximate surface area is 307 Å². The molecule has 11 rings (SSSR count). The van der Waals surface area contributed by atoms with Crippen LogP contribution in [-0.4, -0.2) is 19.5 Å². The summed E-state index contributed by atoms with van der Waals surface area (Å²) in [5.41, 5.74) is 4.79. The van der Waals surface area contributed by atoms with E-state index >= 15 is 0 Å². The molecule has 7 aromatic carbocycles. The fourth-order valence-electron chi connectivity index (χ4n) is 7.20. The predicted octanol–water partition coefficient (Wildman–Crippen LogP) is 12.7. The van der Waals surface area contributed by atoms with Crippen LogP contribution in [0.15, 0.2) is 158 Å². The highest BCUT2D eigenvalue weighted by molar-refractivity contribution is 7.26. The van der Waals surface area contributed by atoms with Crippen molar-refractivity contribution in [2.24, 2.45) is 0 Å². The van der Waals surface area contributed by atoms with Crippen molar-refractivity contribution in [3.8, 4) is 39.9 Å². The Morgan fingerprint density at radius 2 is 1.06 bits per heavy atom. The quantitative estimate of drug-likeness (QED) is 0.184. The molecule has 0 aliphatic heterocycles. The lowest BCUT2D eigenvalue weighted by Crippen LogP contribution is -1.99. The largest absolute Gasteiger partial charge is 0.309 e. The van der Waals surface area contributed by atoms with E-state index in [1.165, 1.54) is 36.5 Å². The zero-order valence-corrected chi connectivity index (χ0v) is 28.4. The topological polar surface area (TPSA) is 43.6 Å². The Balaban J connectivity index is 1.08. The summed E-state index contributed by atoms with van der Waals surface area (Å²) < 4.78 is 49.1. The van der Waals surface area contributed by atoms with Crippen molar-refractivity contribution in [1.82, 2.24) is 19.5 Å². The lowest BCUT2D eigenvalue weighted by molar-refractivity contribution is 1.07. The highest BCUT2D eigenvalue weighted by Crippen LogP contribution is 2.42. The lowest BCUT2D eigenvalue weighted by Gasteiger charge is -2.09. The number of hydrogen-bond donors (Lipinski definition) is 0. The van der Waals surface area contributed by atoms with Crippen LogP contribution in [0.5, 0.6) is 0 Å². The third kappa shape index (κ3) is 4.54. The van der Waals surface area contributed by atoms with E-state index in [1.807, 2.05) is 47.7 Å². The molecule has 4 aromatic heterocycles. The summed E-state index contributed by atoms with van der Waals surface area (Å²) >= 11 is 3.53. The normalized spacial score (nSPS) is 13.3. The molecule has 0 fully saturated rings. The van der Waals surface area contributed by atoms with E-state index in [2.05, 4.69) is 101 Å². The average Bonchev–Trinajstić information content (AvgIpc) is 3.90. The zero-order valence-electron chi connectivity index (χ0n) is 31.7. The van der Waals surface area contributed by atoms with Gasteiger partial charge in [0.15, 0.2) is 17.5 Å². The maximum atomic E-state index is 8.64. The summed E-state index contributed by atoms with van der Waals surface area (Å²) in [6.07, 6.45) is 0. The smallest absolute Gasteiger partial charge is 0.164 e. The molecule has 0 aliphatic rings. The van der Waals surface area contributed by atoms with Crippen molar-refractivity contribution in [3.05, 3.63) is 158 Å². The van der Waals surface area contributed by atoms with Crippen LogP contribution in [0.2, 0.25) is 0 Å². The molecule has 0 bridgehead atoms. The van der Waals surface area contributed by atoms with E-state index in [-0.39, 0.29) is 23.5 Å². The molecular formula is C45H26N4S2. The Bertz CT molecular complexity index is 3420. The summed E-state index contributed by atoms with van der Waals surface area (Å²) in [4.78, 5) is 14.2. The molecule has 51 heavy (non-hydrogen) atoms. The van der Waals surface area contributed by atoms with Crippen LogP contribution >= 0.6 is 22.7 Å². The van der Waals surface area contributed by atoms with Gasteiger partial charge in [0.05, 0.1) is 17.9 Å². The molecule has 6 heteroatoms. The van der Waals surface area contributed by atoms with Crippen molar-refractivity contribution >= 4 is 84.8 Å². The van der Waals surface area contributed by atoms with Gasteiger partial charge in [0.2, 0.25) is 0 Å². The number of aromatic nitrogens is 4. The molecule has 0 spiro atoms. The first-order chi connectivity index (χ1) is 27.3. The molecule has 4 nitrogen and oxygen atoms in total. The molecule has 0 atom stereocenters. The van der Waals surface area contributed by atoms with Crippen LogP contribution in [0.25, 0.3) is 102 Å². The standard InChI is InChI=1S/C45H26N4S2/c1-3-11-27(12-4-1)43-46-44(28-13-5-2-6-14-28)48-45(47-43)29-19-21-33-35-24-30(20-22-40(35)51-41(33)23-29)49-37-17-9-7-15-31(37)34-26-42-36(25-38(34)49)32-16-8-10-18-39(32)50-42/h1-26H/i1D,3D,4D,11D,12D. The fourth-order valence-corrected chi connectivity index (χ4v) is 9.46. The number of hydrogen-bond acceptors (Lipinski definition) is 5. The maximum absolute atomic E-state index is 8.64. The first kappa shape index (κ1) is 24.0. The van der Waals surface area contributed by atoms with Gasteiger partial charge in [-0.1, -0.05) is 109 Å². The SMILES string of the molecule is [2H]c1c([2H])c([2H])c(-c2nc(-c3ccccc3)nc(-c3ccc4c(c3)sc3ccc(-n5c6ccccc6c6cc7sc8ccccc8c7cc65)cc34)n2)c([2H])c1[2H]. The summed E-state index contributed by atoms with van der Waals surface area (Å²) in [5, 5.41) is 7.23. The first-order valence-corrected chi connectivity index (χ1v) is 18.2. The van der Waals surface area contributed by atoms with Gasteiger partial charge in [-0.05, 0) is 48.5 Å². The molecule has 0 radical (unpaired) electrons. The zero-order chi connectivity index (χ0) is 37.8. The van der Waals surface area contributed by atoms with Crippen molar-refractivity contribution in [1.29, 1.82) is 0 Å². The van der Waals surface area contributed by atoms with Crippen molar-refractivity contribution < 1.29 is 6.85 Å². The Morgan fingerprint density at radius 1 is 0.412 bits per heavy atom. The Kier molecular flexibility index (Phi) is 5.25. The third-order valence-corrected chi connectivity index (χ3v) is 11.8. The Hall–Kier alpha value is -6.21. The number of thiophene rings is 2. The predicted molar refractivity (Wildman–Crippen MR) is 216 cm³/mol. The van der Waals surface area contributed by atoms with Gasteiger partial charge < -0.3 is 4.57 Å². The monoisotopic (exact) mass is 691 g/mol. The second-order valence-corrected chi connectivity index (χ2v) is 14.6. The average molecular weight is 692 g/mol. The van der Waals surface area contributed by atoms with Crippen molar-refractivity contribution in [3.63, 3.8) is 0 Å². The molecule has 238 valence electrons. The number of fused-ring (bicyclic) bond motifs is 9. The lowest BCUT2D eigenvalue weighted by atomic mass is 10.1. The minimum atomic E-state index is -0.466. The van der Waals surface area contributed by atoms with E-state index in [1.54, 1.807) is 11.3 Å². The van der Waals surface area contributed by atoms with Crippen molar-refractivity contribution in [2.45, 2.75) is 0 Å². The van der Waals surface area contributed by atoms with Crippen molar-refractivity contribution in [2.75, 3.05) is 0 Å². The van der Waals surface area contributed by atoms with Gasteiger partial charge in [0, 0.05) is 73.5 Å². The Morgan fingerprint density at radius 3 is 1.90 bits per heavy atom. The van der Waals surface area contributed by atoms with E-state index < -0.39 is 18.1 Å². The van der Waals surface area contributed by atoms with Crippen LogP contribution in [0.4, 0.5) is 0 Å². The molecular weight excluding hydrogens is 661 g/mol. The van der Waals surface area contributed by atoms with Crippen LogP contribution in [0.3, 0.4) is 0 Å². The third-order valence-electron chi connectivity index (χ3n) is 9.53. The summed E-state index contributed by atoms with van der Waals surface area (Å²) in [6.45, 7) is 0. The highest BCUT2D eigenvalue weighted by atomic mass is 32.1.